The lowest BCUT2D eigenvalue weighted by atomic mass is 10.2. The Bertz CT molecular complexity index is 469. The zero-order chi connectivity index (χ0) is 15.2. The first-order valence-electron chi connectivity index (χ1n) is 5.84. The molecule has 0 saturated carbocycles. The normalized spacial score (nSPS) is 11.2. The van der Waals surface area contributed by atoms with E-state index in [0.717, 1.165) is 23.9 Å². The number of alkyl halides is 3. The molecule has 0 aliphatic rings. The van der Waals surface area contributed by atoms with Gasteiger partial charge < -0.3 is 10.1 Å². The number of rotatable bonds is 6. The van der Waals surface area contributed by atoms with Crippen molar-refractivity contribution in [1.29, 1.82) is 0 Å². The van der Waals surface area contributed by atoms with Gasteiger partial charge in [0, 0.05) is 12.7 Å². The van der Waals surface area contributed by atoms with Crippen molar-refractivity contribution >= 4 is 5.91 Å². The quantitative estimate of drug-likeness (QED) is 0.646. The van der Waals surface area contributed by atoms with Crippen molar-refractivity contribution in [3.05, 3.63) is 41.7 Å². The number of nitrogens with zero attached hydrogens (tertiary/aromatic N) is 1. The fourth-order valence-electron chi connectivity index (χ4n) is 1.28. The molecule has 1 rings (SSSR count). The van der Waals surface area contributed by atoms with Crippen LogP contribution in [0.4, 0.5) is 13.2 Å². The van der Waals surface area contributed by atoms with E-state index in [1.54, 1.807) is 0 Å². The summed E-state index contributed by atoms with van der Waals surface area (Å²) in [6.45, 7) is 6.42. The lowest BCUT2D eigenvalue weighted by Crippen LogP contribution is -2.27. The molecule has 1 heterocycles. The van der Waals surface area contributed by atoms with Crippen LogP contribution in [0.1, 0.15) is 23.0 Å². The number of aromatic nitrogens is 1. The summed E-state index contributed by atoms with van der Waals surface area (Å²) in [5.74, 6) is -0.495. The first-order valence-corrected chi connectivity index (χ1v) is 5.84. The summed E-state index contributed by atoms with van der Waals surface area (Å²) < 4.78 is 42.0. The number of amides is 1. The average molecular weight is 288 g/mol. The lowest BCUT2D eigenvalue weighted by Gasteiger charge is -2.08. The van der Waals surface area contributed by atoms with E-state index in [2.05, 4.69) is 16.9 Å². The molecule has 0 aliphatic carbocycles. The minimum atomic E-state index is -4.51. The Morgan fingerprint density at radius 1 is 1.45 bits per heavy atom. The van der Waals surface area contributed by atoms with Crippen LogP contribution in [0.2, 0.25) is 0 Å². The number of pyridine rings is 1. The van der Waals surface area contributed by atoms with Crippen molar-refractivity contribution in [3.8, 4) is 0 Å². The van der Waals surface area contributed by atoms with Crippen molar-refractivity contribution in [3.63, 3.8) is 0 Å². The zero-order valence-corrected chi connectivity index (χ0v) is 11.0. The van der Waals surface area contributed by atoms with Gasteiger partial charge in [-0.05, 0) is 19.1 Å². The van der Waals surface area contributed by atoms with Crippen LogP contribution in [0.3, 0.4) is 0 Å². The second-order valence-electron chi connectivity index (χ2n) is 4.20. The van der Waals surface area contributed by atoms with Gasteiger partial charge in [0.05, 0.1) is 18.8 Å². The molecule has 110 valence electrons. The monoisotopic (exact) mass is 288 g/mol. The summed E-state index contributed by atoms with van der Waals surface area (Å²) in [6, 6.07) is 1.85. The molecule has 0 bridgehead atoms. The number of carbonyl (C=O) groups excluding carboxylic acids is 1. The maximum absolute atomic E-state index is 12.3. The molecule has 1 aromatic heterocycles. The SMILES string of the molecule is C=C(C)COCCNC(=O)c1ccc(C(F)(F)F)nc1. The number of carbonyl (C=O) groups is 1. The van der Waals surface area contributed by atoms with Crippen molar-refractivity contribution in [1.82, 2.24) is 10.3 Å². The molecule has 0 aromatic carbocycles. The molecule has 4 nitrogen and oxygen atoms in total. The fourth-order valence-corrected chi connectivity index (χ4v) is 1.28. The Balaban J connectivity index is 2.42. The molecular formula is C13H15F3N2O2. The second kappa shape index (κ2) is 7.04. The zero-order valence-electron chi connectivity index (χ0n) is 11.0. The number of nitrogens with one attached hydrogen (secondary N) is 1. The molecule has 1 aromatic rings. The molecule has 0 radical (unpaired) electrons. The maximum Gasteiger partial charge on any atom is 0.433 e. The first kappa shape index (κ1) is 16.2. The van der Waals surface area contributed by atoms with Crippen LogP contribution in [0.5, 0.6) is 0 Å². The van der Waals surface area contributed by atoms with Gasteiger partial charge in [0.25, 0.3) is 5.91 Å². The van der Waals surface area contributed by atoms with Gasteiger partial charge in [0.1, 0.15) is 5.69 Å². The number of halogens is 3. The van der Waals surface area contributed by atoms with E-state index in [1.165, 1.54) is 0 Å². The predicted octanol–water partition coefficient (Wildman–Crippen LogP) is 2.42. The third-order valence-corrected chi connectivity index (χ3v) is 2.20. The van der Waals surface area contributed by atoms with E-state index in [4.69, 9.17) is 4.74 Å². The van der Waals surface area contributed by atoms with E-state index in [-0.39, 0.29) is 12.1 Å². The van der Waals surface area contributed by atoms with Gasteiger partial charge in [-0.15, -0.1) is 0 Å². The highest BCUT2D eigenvalue weighted by Crippen LogP contribution is 2.27. The molecule has 20 heavy (non-hydrogen) atoms. The van der Waals surface area contributed by atoms with E-state index >= 15 is 0 Å². The van der Waals surface area contributed by atoms with Crippen LogP contribution in [0.15, 0.2) is 30.5 Å². The lowest BCUT2D eigenvalue weighted by molar-refractivity contribution is -0.141. The molecule has 0 spiro atoms. The fraction of sp³-hybridized carbons (Fsp3) is 0.385. The van der Waals surface area contributed by atoms with Crippen LogP contribution in [-0.4, -0.2) is 30.6 Å². The summed E-state index contributed by atoms with van der Waals surface area (Å²) in [4.78, 5) is 14.8. The topological polar surface area (TPSA) is 51.2 Å². The van der Waals surface area contributed by atoms with Gasteiger partial charge in [0.15, 0.2) is 0 Å². The van der Waals surface area contributed by atoms with Gasteiger partial charge in [-0.1, -0.05) is 12.2 Å². The Labute approximate surface area is 114 Å². The third-order valence-electron chi connectivity index (χ3n) is 2.20. The Hall–Kier alpha value is -1.89. The van der Waals surface area contributed by atoms with Crippen molar-refractivity contribution in [2.45, 2.75) is 13.1 Å². The number of hydrogen-bond donors (Lipinski definition) is 1. The molecule has 0 saturated heterocycles. The van der Waals surface area contributed by atoms with Crippen LogP contribution in [-0.2, 0) is 10.9 Å². The molecule has 0 fully saturated rings. The molecule has 1 N–H and O–H groups in total. The summed E-state index contributed by atoms with van der Waals surface area (Å²) in [6.07, 6.45) is -3.61. The van der Waals surface area contributed by atoms with Crippen LogP contribution >= 0.6 is 0 Å². The smallest absolute Gasteiger partial charge is 0.375 e. The number of ether oxygens (including phenoxy) is 1. The molecule has 1 amide bonds. The minimum Gasteiger partial charge on any atom is -0.375 e. The summed E-state index contributed by atoms with van der Waals surface area (Å²) in [5, 5.41) is 2.52. The highest BCUT2D eigenvalue weighted by Gasteiger charge is 2.32. The Morgan fingerprint density at radius 2 is 2.15 bits per heavy atom. The van der Waals surface area contributed by atoms with Gasteiger partial charge in [-0.2, -0.15) is 13.2 Å². The van der Waals surface area contributed by atoms with Gasteiger partial charge in [-0.25, -0.2) is 0 Å². The molecule has 7 heteroatoms. The van der Waals surface area contributed by atoms with Gasteiger partial charge in [-0.3, -0.25) is 9.78 Å². The van der Waals surface area contributed by atoms with Gasteiger partial charge in [0.2, 0.25) is 0 Å². The van der Waals surface area contributed by atoms with Crippen molar-refractivity contribution < 1.29 is 22.7 Å². The highest BCUT2D eigenvalue weighted by molar-refractivity contribution is 5.93. The van der Waals surface area contributed by atoms with Crippen molar-refractivity contribution in [2.24, 2.45) is 0 Å². The molecular weight excluding hydrogens is 273 g/mol. The van der Waals surface area contributed by atoms with E-state index in [1.807, 2.05) is 6.92 Å². The summed E-state index contributed by atoms with van der Waals surface area (Å²) in [5.41, 5.74) is -0.0972. The third kappa shape index (κ3) is 5.40. The number of hydrogen-bond acceptors (Lipinski definition) is 3. The van der Waals surface area contributed by atoms with Crippen molar-refractivity contribution in [2.75, 3.05) is 19.8 Å². The predicted molar refractivity (Wildman–Crippen MR) is 67.2 cm³/mol. The highest BCUT2D eigenvalue weighted by atomic mass is 19.4. The standard InChI is InChI=1S/C13H15F3N2O2/c1-9(2)8-20-6-5-17-12(19)10-3-4-11(18-7-10)13(14,15)16/h3-4,7H,1,5-6,8H2,2H3,(H,17,19). The minimum absolute atomic E-state index is 0.0675. The van der Waals surface area contributed by atoms with E-state index in [0.29, 0.717) is 13.2 Å². The Kier molecular flexibility index (Phi) is 5.69. The Morgan fingerprint density at radius 3 is 2.65 bits per heavy atom. The molecule has 0 unspecified atom stereocenters. The largest absolute Gasteiger partial charge is 0.433 e. The first-order chi connectivity index (χ1) is 9.30. The van der Waals surface area contributed by atoms with E-state index < -0.39 is 17.8 Å². The van der Waals surface area contributed by atoms with Crippen LogP contribution in [0, 0.1) is 0 Å². The average Bonchev–Trinajstić information content (AvgIpc) is 2.37. The molecule has 0 aliphatic heterocycles. The van der Waals surface area contributed by atoms with Gasteiger partial charge >= 0.3 is 6.18 Å². The van der Waals surface area contributed by atoms with Crippen LogP contribution in [0.25, 0.3) is 0 Å². The molecule has 0 atom stereocenters. The summed E-state index contributed by atoms with van der Waals surface area (Å²) >= 11 is 0. The summed E-state index contributed by atoms with van der Waals surface area (Å²) in [7, 11) is 0. The van der Waals surface area contributed by atoms with E-state index in [9.17, 15) is 18.0 Å². The maximum atomic E-state index is 12.3. The van der Waals surface area contributed by atoms with Crippen LogP contribution < -0.4 is 5.32 Å². The second-order valence-corrected chi connectivity index (χ2v) is 4.20.